The van der Waals surface area contributed by atoms with Crippen molar-refractivity contribution in [2.24, 2.45) is 0 Å². The van der Waals surface area contributed by atoms with Gasteiger partial charge in [-0.3, -0.25) is 0 Å². The Kier molecular flexibility index (Phi) is 6.26. The Morgan fingerprint density at radius 3 is 2.48 bits per heavy atom. The van der Waals surface area contributed by atoms with Gasteiger partial charge in [0.1, 0.15) is 22.9 Å². The molecule has 3 rings (SSSR count). The van der Waals surface area contributed by atoms with E-state index in [1.807, 2.05) is 18.2 Å². The standard InChI is InChI=1S/C19H23ClN2O4S/c1-25-17-5-3-4-15(12-17)14-21-8-10-22(11-9-21)27(23,24)19-13-16(20)6-7-18(19)26-2/h3-7,12-13H,8-11,14H2,1-2H3/p+1. The second-order valence-electron chi connectivity index (χ2n) is 6.48. The fourth-order valence-corrected chi connectivity index (χ4v) is 5.14. The van der Waals surface area contributed by atoms with Gasteiger partial charge in [-0.15, -0.1) is 0 Å². The van der Waals surface area contributed by atoms with Crippen molar-refractivity contribution in [2.45, 2.75) is 11.4 Å². The average molecular weight is 412 g/mol. The smallest absolute Gasteiger partial charge is 0.247 e. The van der Waals surface area contributed by atoms with Crippen molar-refractivity contribution in [1.82, 2.24) is 4.31 Å². The number of nitrogens with one attached hydrogen (secondary N) is 1. The number of nitrogens with zero attached hydrogens (tertiary/aromatic N) is 1. The summed E-state index contributed by atoms with van der Waals surface area (Å²) in [6.45, 7) is 3.22. The van der Waals surface area contributed by atoms with Crippen LogP contribution in [0, 0.1) is 0 Å². The fraction of sp³-hybridized carbons (Fsp3) is 0.368. The number of benzene rings is 2. The zero-order valence-corrected chi connectivity index (χ0v) is 17.0. The van der Waals surface area contributed by atoms with Crippen LogP contribution in [0.25, 0.3) is 0 Å². The van der Waals surface area contributed by atoms with Crippen molar-refractivity contribution in [3.8, 4) is 11.5 Å². The van der Waals surface area contributed by atoms with Crippen LogP contribution < -0.4 is 14.4 Å². The van der Waals surface area contributed by atoms with Gasteiger partial charge in [0, 0.05) is 10.6 Å². The van der Waals surface area contributed by atoms with Crippen LogP contribution in [0.15, 0.2) is 47.4 Å². The van der Waals surface area contributed by atoms with Crippen molar-refractivity contribution in [2.75, 3.05) is 40.4 Å². The second-order valence-corrected chi connectivity index (χ2v) is 8.82. The van der Waals surface area contributed by atoms with E-state index >= 15 is 0 Å². The van der Waals surface area contributed by atoms with E-state index < -0.39 is 10.0 Å². The molecule has 0 aliphatic carbocycles. The van der Waals surface area contributed by atoms with Crippen molar-refractivity contribution >= 4 is 21.6 Å². The van der Waals surface area contributed by atoms with Crippen LogP contribution in [0.4, 0.5) is 0 Å². The van der Waals surface area contributed by atoms with Crippen LogP contribution in [0.2, 0.25) is 5.02 Å². The summed E-state index contributed by atoms with van der Waals surface area (Å²) in [4.78, 5) is 1.46. The first-order valence-corrected chi connectivity index (χ1v) is 10.6. The van der Waals surface area contributed by atoms with E-state index in [4.69, 9.17) is 21.1 Å². The van der Waals surface area contributed by atoms with Crippen LogP contribution in [0.5, 0.6) is 11.5 Å². The van der Waals surface area contributed by atoms with Gasteiger partial charge in [-0.2, -0.15) is 4.31 Å². The molecule has 1 heterocycles. The molecule has 0 unspecified atom stereocenters. The number of sulfonamides is 1. The predicted molar refractivity (Wildman–Crippen MR) is 104 cm³/mol. The summed E-state index contributed by atoms with van der Waals surface area (Å²) >= 11 is 6.00. The van der Waals surface area contributed by atoms with Gasteiger partial charge in [-0.05, 0) is 30.3 Å². The van der Waals surface area contributed by atoms with Gasteiger partial charge in [0.05, 0.1) is 40.4 Å². The highest BCUT2D eigenvalue weighted by Gasteiger charge is 2.32. The number of rotatable bonds is 6. The molecule has 1 saturated heterocycles. The quantitative estimate of drug-likeness (QED) is 0.781. The Hall–Kier alpha value is -1.80. The number of hydrogen-bond donors (Lipinski definition) is 1. The number of ether oxygens (including phenoxy) is 2. The topological polar surface area (TPSA) is 60.3 Å². The predicted octanol–water partition coefficient (Wildman–Crippen LogP) is 1.45. The van der Waals surface area contributed by atoms with Crippen LogP contribution >= 0.6 is 11.6 Å². The van der Waals surface area contributed by atoms with Crippen LogP contribution in [0.1, 0.15) is 5.56 Å². The van der Waals surface area contributed by atoms with Gasteiger partial charge in [-0.25, -0.2) is 8.42 Å². The molecule has 27 heavy (non-hydrogen) atoms. The molecule has 0 radical (unpaired) electrons. The zero-order valence-electron chi connectivity index (χ0n) is 15.4. The fourth-order valence-electron chi connectivity index (χ4n) is 3.28. The Morgan fingerprint density at radius 1 is 1.07 bits per heavy atom. The average Bonchev–Trinajstić information content (AvgIpc) is 2.68. The van der Waals surface area contributed by atoms with E-state index in [1.54, 1.807) is 19.2 Å². The Bertz CT molecular complexity index is 896. The van der Waals surface area contributed by atoms with Crippen molar-refractivity contribution < 1.29 is 22.8 Å². The van der Waals surface area contributed by atoms with E-state index in [1.165, 1.54) is 27.9 Å². The number of quaternary nitrogens is 1. The van der Waals surface area contributed by atoms with Gasteiger partial charge in [-0.1, -0.05) is 23.7 Å². The van der Waals surface area contributed by atoms with E-state index in [9.17, 15) is 8.42 Å². The van der Waals surface area contributed by atoms with Crippen LogP contribution in [0.3, 0.4) is 0 Å². The minimum Gasteiger partial charge on any atom is -0.497 e. The third kappa shape index (κ3) is 4.55. The summed E-state index contributed by atoms with van der Waals surface area (Å²) in [6, 6.07) is 12.6. The van der Waals surface area contributed by atoms with Crippen molar-refractivity contribution in [3.05, 3.63) is 53.1 Å². The number of methoxy groups -OCH3 is 2. The lowest BCUT2D eigenvalue weighted by Gasteiger charge is -2.31. The summed E-state index contributed by atoms with van der Waals surface area (Å²) in [5.41, 5.74) is 1.18. The lowest BCUT2D eigenvalue weighted by Crippen LogP contribution is -3.13. The van der Waals surface area contributed by atoms with E-state index in [-0.39, 0.29) is 4.90 Å². The second kappa shape index (κ2) is 8.48. The van der Waals surface area contributed by atoms with Gasteiger partial charge in [0.15, 0.2) is 0 Å². The third-order valence-corrected chi connectivity index (χ3v) is 6.92. The molecule has 2 aromatic rings. The molecule has 6 nitrogen and oxygen atoms in total. The van der Waals surface area contributed by atoms with E-state index in [0.29, 0.717) is 23.9 Å². The van der Waals surface area contributed by atoms with Gasteiger partial charge in [0.25, 0.3) is 0 Å². The molecule has 1 aliphatic heterocycles. The highest BCUT2D eigenvalue weighted by molar-refractivity contribution is 7.89. The van der Waals surface area contributed by atoms with Crippen LogP contribution in [-0.4, -0.2) is 53.1 Å². The van der Waals surface area contributed by atoms with Gasteiger partial charge < -0.3 is 14.4 Å². The van der Waals surface area contributed by atoms with Crippen molar-refractivity contribution in [3.63, 3.8) is 0 Å². The summed E-state index contributed by atoms with van der Waals surface area (Å²) in [5, 5.41) is 0.372. The normalized spacial score (nSPS) is 16.3. The SMILES string of the molecule is COc1cccc(C[NH+]2CCN(S(=O)(=O)c3cc(Cl)ccc3OC)CC2)c1. The molecule has 1 aliphatic rings. The van der Waals surface area contributed by atoms with Crippen LogP contribution in [-0.2, 0) is 16.6 Å². The molecular formula is C19H24ClN2O4S+. The molecular weight excluding hydrogens is 388 g/mol. The van der Waals surface area contributed by atoms with Gasteiger partial charge in [0.2, 0.25) is 10.0 Å². The molecule has 8 heteroatoms. The molecule has 0 amide bonds. The Morgan fingerprint density at radius 2 is 1.81 bits per heavy atom. The summed E-state index contributed by atoms with van der Waals surface area (Å²) in [7, 11) is -0.534. The summed E-state index contributed by atoms with van der Waals surface area (Å²) in [5.74, 6) is 1.15. The maximum absolute atomic E-state index is 13.0. The number of piperazine rings is 1. The summed E-state index contributed by atoms with van der Waals surface area (Å²) in [6.07, 6.45) is 0. The minimum absolute atomic E-state index is 0.119. The van der Waals surface area contributed by atoms with E-state index in [2.05, 4.69) is 6.07 Å². The molecule has 1 N–H and O–H groups in total. The first-order chi connectivity index (χ1) is 12.9. The molecule has 0 saturated carbocycles. The number of halogens is 1. The summed E-state index contributed by atoms with van der Waals surface area (Å²) < 4.78 is 38.1. The Balaban J connectivity index is 1.68. The zero-order chi connectivity index (χ0) is 19.4. The minimum atomic E-state index is -3.64. The highest BCUT2D eigenvalue weighted by atomic mass is 35.5. The molecule has 0 atom stereocenters. The molecule has 0 spiro atoms. The third-order valence-electron chi connectivity index (χ3n) is 4.76. The van der Waals surface area contributed by atoms with Gasteiger partial charge >= 0.3 is 0 Å². The number of hydrogen-bond acceptors (Lipinski definition) is 4. The molecule has 0 aromatic heterocycles. The molecule has 146 valence electrons. The lowest BCUT2D eigenvalue weighted by atomic mass is 10.2. The first kappa shape index (κ1) is 19.9. The highest BCUT2D eigenvalue weighted by Crippen LogP contribution is 2.29. The van der Waals surface area contributed by atoms with E-state index in [0.717, 1.165) is 25.4 Å². The maximum atomic E-state index is 13.0. The largest absolute Gasteiger partial charge is 0.497 e. The molecule has 2 aromatic carbocycles. The molecule has 0 bridgehead atoms. The monoisotopic (exact) mass is 411 g/mol. The molecule has 1 fully saturated rings. The maximum Gasteiger partial charge on any atom is 0.247 e. The van der Waals surface area contributed by atoms with Crippen molar-refractivity contribution in [1.29, 1.82) is 0 Å². The Labute approximate surface area is 165 Å². The lowest BCUT2D eigenvalue weighted by molar-refractivity contribution is -0.917. The first-order valence-electron chi connectivity index (χ1n) is 8.74.